The standard InChI is InChI=1S/C16H18ClNO2S/c1-2-3-4-16(13-9-11-18-12-10-13)21(19,20)15-7-5-14(17)6-8-15/h5-12,16H,2-4H2,1H3. The molecule has 1 atom stereocenters. The van der Waals surface area contributed by atoms with Crippen LogP contribution < -0.4 is 0 Å². The van der Waals surface area contributed by atoms with Gasteiger partial charge in [0.25, 0.3) is 0 Å². The molecule has 1 unspecified atom stereocenters. The normalized spacial score (nSPS) is 13.0. The highest BCUT2D eigenvalue weighted by molar-refractivity contribution is 7.91. The molecule has 0 aliphatic heterocycles. The molecule has 112 valence electrons. The molecular formula is C16H18ClNO2S. The lowest BCUT2D eigenvalue weighted by molar-refractivity contribution is 0.568. The molecule has 0 saturated heterocycles. The average molecular weight is 324 g/mol. The Kier molecular flexibility index (Phi) is 5.37. The zero-order valence-corrected chi connectivity index (χ0v) is 13.4. The molecule has 1 heterocycles. The number of nitrogens with zero attached hydrogens (tertiary/aromatic N) is 1. The van der Waals surface area contributed by atoms with E-state index in [0.29, 0.717) is 16.3 Å². The number of unbranched alkanes of at least 4 members (excludes halogenated alkanes) is 1. The van der Waals surface area contributed by atoms with Gasteiger partial charge in [0.15, 0.2) is 9.84 Å². The summed E-state index contributed by atoms with van der Waals surface area (Å²) in [7, 11) is -3.43. The minimum absolute atomic E-state index is 0.310. The summed E-state index contributed by atoms with van der Waals surface area (Å²) in [4.78, 5) is 4.27. The van der Waals surface area contributed by atoms with Gasteiger partial charge in [-0.05, 0) is 48.4 Å². The summed E-state index contributed by atoms with van der Waals surface area (Å²) in [6.07, 6.45) is 5.68. The molecule has 0 spiro atoms. The molecule has 2 rings (SSSR count). The van der Waals surface area contributed by atoms with Crippen LogP contribution in [0.25, 0.3) is 0 Å². The molecule has 5 heteroatoms. The highest BCUT2D eigenvalue weighted by Crippen LogP contribution is 2.33. The van der Waals surface area contributed by atoms with Crippen molar-refractivity contribution in [1.29, 1.82) is 0 Å². The van der Waals surface area contributed by atoms with Gasteiger partial charge in [0.05, 0.1) is 10.1 Å². The number of aromatic nitrogens is 1. The quantitative estimate of drug-likeness (QED) is 0.789. The molecule has 0 aliphatic rings. The Morgan fingerprint density at radius 3 is 2.29 bits per heavy atom. The minimum atomic E-state index is -3.43. The monoisotopic (exact) mass is 323 g/mol. The number of pyridine rings is 1. The van der Waals surface area contributed by atoms with E-state index in [1.165, 1.54) is 0 Å². The van der Waals surface area contributed by atoms with E-state index in [-0.39, 0.29) is 0 Å². The van der Waals surface area contributed by atoms with Gasteiger partial charge in [-0.15, -0.1) is 0 Å². The maximum atomic E-state index is 12.9. The smallest absolute Gasteiger partial charge is 0.185 e. The van der Waals surface area contributed by atoms with Crippen molar-refractivity contribution in [3.8, 4) is 0 Å². The number of halogens is 1. The van der Waals surface area contributed by atoms with E-state index in [0.717, 1.165) is 18.4 Å². The van der Waals surface area contributed by atoms with Crippen molar-refractivity contribution >= 4 is 21.4 Å². The van der Waals surface area contributed by atoms with E-state index in [9.17, 15) is 8.42 Å². The Balaban J connectivity index is 2.42. The highest BCUT2D eigenvalue weighted by atomic mass is 35.5. The molecule has 21 heavy (non-hydrogen) atoms. The third-order valence-electron chi connectivity index (χ3n) is 3.41. The lowest BCUT2D eigenvalue weighted by atomic mass is 10.1. The first kappa shape index (κ1) is 16.0. The molecule has 0 amide bonds. The fourth-order valence-corrected chi connectivity index (χ4v) is 4.22. The molecule has 0 bridgehead atoms. The van der Waals surface area contributed by atoms with Gasteiger partial charge >= 0.3 is 0 Å². The van der Waals surface area contributed by atoms with Gasteiger partial charge in [-0.1, -0.05) is 31.4 Å². The Hall–Kier alpha value is -1.39. The fourth-order valence-electron chi connectivity index (χ4n) is 2.26. The molecule has 1 aromatic heterocycles. The summed E-state index contributed by atoms with van der Waals surface area (Å²) >= 11 is 5.84. The molecule has 0 N–H and O–H groups in total. The predicted octanol–water partition coefficient (Wildman–Crippen LogP) is 4.44. The summed E-state index contributed by atoms with van der Waals surface area (Å²) in [6, 6.07) is 9.90. The van der Waals surface area contributed by atoms with Crippen molar-refractivity contribution in [2.45, 2.75) is 36.3 Å². The fraction of sp³-hybridized carbons (Fsp3) is 0.312. The van der Waals surface area contributed by atoms with Gasteiger partial charge in [0.2, 0.25) is 0 Å². The van der Waals surface area contributed by atoms with Crippen molar-refractivity contribution in [3.05, 3.63) is 59.4 Å². The van der Waals surface area contributed by atoms with E-state index in [1.807, 2.05) is 0 Å². The maximum absolute atomic E-state index is 12.9. The second-order valence-corrected chi connectivity index (χ2v) is 7.48. The van der Waals surface area contributed by atoms with Crippen LogP contribution in [-0.2, 0) is 9.84 Å². The number of sulfone groups is 1. The first-order chi connectivity index (χ1) is 10.1. The third-order valence-corrected chi connectivity index (χ3v) is 5.85. The largest absolute Gasteiger partial charge is 0.265 e. The Labute approximate surface area is 130 Å². The first-order valence-electron chi connectivity index (χ1n) is 6.95. The Morgan fingerprint density at radius 2 is 1.71 bits per heavy atom. The van der Waals surface area contributed by atoms with Crippen LogP contribution in [0.5, 0.6) is 0 Å². The number of hydrogen-bond donors (Lipinski definition) is 0. The molecule has 2 aromatic rings. The van der Waals surface area contributed by atoms with Crippen LogP contribution in [0.2, 0.25) is 5.02 Å². The van der Waals surface area contributed by atoms with Crippen LogP contribution in [0.15, 0.2) is 53.7 Å². The summed E-state index contributed by atoms with van der Waals surface area (Å²) in [6.45, 7) is 2.05. The zero-order valence-electron chi connectivity index (χ0n) is 11.9. The summed E-state index contributed by atoms with van der Waals surface area (Å²) in [5, 5.41) is -0.00963. The topological polar surface area (TPSA) is 47.0 Å². The molecule has 0 aliphatic carbocycles. The van der Waals surface area contributed by atoms with Crippen molar-refractivity contribution in [3.63, 3.8) is 0 Å². The third kappa shape index (κ3) is 3.83. The highest BCUT2D eigenvalue weighted by Gasteiger charge is 2.28. The van der Waals surface area contributed by atoms with Gasteiger partial charge in [-0.2, -0.15) is 0 Å². The second kappa shape index (κ2) is 7.05. The molecule has 0 saturated carbocycles. The van der Waals surface area contributed by atoms with Crippen molar-refractivity contribution < 1.29 is 8.42 Å². The predicted molar refractivity (Wildman–Crippen MR) is 85.1 cm³/mol. The zero-order chi connectivity index (χ0) is 15.3. The Bertz CT molecular complexity index is 669. The lowest BCUT2D eigenvalue weighted by Gasteiger charge is -2.18. The molecule has 0 fully saturated rings. The van der Waals surface area contributed by atoms with Crippen LogP contribution in [0.4, 0.5) is 0 Å². The minimum Gasteiger partial charge on any atom is -0.265 e. The van der Waals surface area contributed by atoms with Gasteiger partial charge in [0, 0.05) is 17.4 Å². The summed E-state index contributed by atoms with van der Waals surface area (Å²) < 4.78 is 25.8. The van der Waals surface area contributed by atoms with Crippen molar-refractivity contribution in [2.75, 3.05) is 0 Å². The van der Waals surface area contributed by atoms with Crippen LogP contribution in [0, 0.1) is 0 Å². The van der Waals surface area contributed by atoms with Crippen molar-refractivity contribution in [2.24, 2.45) is 0 Å². The van der Waals surface area contributed by atoms with Crippen LogP contribution in [0.3, 0.4) is 0 Å². The number of benzene rings is 1. The Morgan fingerprint density at radius 1 is 1.10 bits per heavy atom. The molecular weight excluding hydrogens is 306 g/mol. The van der Waals surface area contributed by atoms with E-state index in [1.54, 1.807) is 48.8 Å². The SMILES string of the molecule is CCCCC(c1ccncc1)S(=O)(=O)c1ccc(Cl)cc1. The number of hydrogen-bond acceptors (Lipinski definition) is 3. The van der Waals surface area contributed by atoms with Gasteiger partial charge < -0.3 is 0 Å². The van der Waals surface area contributed by atoms with E-state index in [2.05, 4.69) is 11.9 Å². The second-order valence-electron chi connectivity index (χ2n) is 4.91. The molecule has 0 radical (unpaired) electrons. The van der Waals surface area contributed by atoms with Gasteiger partial charge in [0.1, 0.15) is 0 Å². The molecule has 1 aromatic carbocycles. The number of rotatable bonds is 6. The van der Waals surface area contributed by atoms with Crippen LogP contribution in [-0.4, -0.2) is 13.4 Å². The van der Waals surface area contributed by atoms with Crippen molar-refractivity contribution in [1.82, 2.24) is 4.98 Å². The van der Waals surface area contributed by atoms with Gasteiger partial charge in [-0.3, -0.25) is 4.98 Å². The van der Waals surface area contributed by atoms with Crippen LogP contribution >= 0.6 is 11.6 Å². The lowest BCUT2D eigenvalue weighted by Crippen LogP contribution is -2.14. The first-order valence-corrected chi connectivity index (χ1v) is 8.87. The van der Waals surface area contributed by atoms with Crippen LogP contribution in [0.1, 0.15) is 37.0 Å². The average Bonchev–Trinajstić information content (AvgIpc) is 2.49. The summed E-state index contributed by atoms with van der Waals surface area (Å²) in [5.74, 6) is 0. The van der Waals surface area contributed by atoms with E-state index in [4.69, 9.17) is 11.6 Å². The summed E-state index contributed by atoms with van der Waals surface area (Å²) in [5.41, 5.74) is 0.786. The van der Waals surface area contributed by atoms with E-state index >= 15 is 0 Å². The van der Waals surface area contributed by atoms with E-state index < -0.39 is 15.1 Å². The van der Waals surface area contributed by atoms with Gasteiger partial charge in [-0.25, -0.2) is 8.42 Å². The molecule has 3 nitrogen and oxygen atoms in total. The maximum Gasteiger partial charge on any atom is 0.185 e.